The summed E-state index contributed by atoms with van der Waals surface area (Å²) in [7, 11) is 1.17. The van der Waals surface area contributed by atoms with Crippen LogP contribution in [0, 0.1) is 11.8 Å². The van der Waals surface area contributed by atoms with Crippen LogP contribution in [-0.4, -0.2) is 31.9 Å². The van der Waals surface area contributed by atoms with Gasteiger partial charge in [0.1, 0.15) is 5.75 Å². The zero-order valence-electron chi connectivity index (χ0n) is 22.0. The van der Waals surface area contributed by atoms with Gasteiger partial charge in [0.2, 0.25) is 0 Å². The molecule has 3 rings (SSSR count). The van der Waals surface area contributed by atoms with Crippen molar-refractivity contribution >= 4 is 17.6 Å². The van der Waals surface area contributed by atoms with Gasteiger partial charge in [-0.1, -0.05) is 81.2 Å². The standard InChI is InChI=1S/C30H34F3NO4/c1-4-5-6-7-8-22-9-10-25(21(2)19-22)20-34(28(35)29(36)37-3)26-15-11-23(12-16-26)24-13-17-27(18-14-24)38-30(31,32)33/h9-19,21,25H,4-8,20H2,1-3H3. The molecule has 2 aromatic carbocycles. The Morgan fingerprint density at radius 1 is 0.947 bits per heavy atom. The summed E-state index contributed by atoms with van der Waals surface area (Å²) in [5, 5.41) is 0. The topological polar surface area (TPSA) is 55.8 Å². The van der Waals surface area contributed by atoms with E-state index in [1.54, 1.807) is 24.3 Å². The number of halogens is 3. The molecule has 0 spiro atoms. The molecule has 0 saturated carbocycles. The SMILES string of the molecule is CCCCCCC1=CC(C)C(CN(C(=O)C(=O)OC)c2ccc(-c3ccc(OC(F)(F)F)cc3)cc2)C=C1. The van der Waals surface area contributed by atoms with Crippen molar-refractivity contribution in [2.45, 2.75) is 52.3 Å². The summed E-state index contributed by atoms with van der Waals surface area (Å²) in [5.41, 5.74) is 3.24. The molecule has 0 fully saturated rings. The number of amides is 1. The zero-order valence-corrected chi connectivity index (χ0v) is 22.0. The Morgan fingerprint density at radius 3 is 2.13 bits per heavy atom. The van der Waals surface area contributed by atoms with E-state index in [9.17, 15) is 22.8 Å². The summed E-state index contributed by atoms with van der Waals surface area (Å²) in [6.45, 7) is 4.60. The molecule has 0 radical (unpaired) electrons. The molecule has 5 nitrogen and oxygen atoms in total. The van der Waals surface area contributed by atoms with E-state index in [1.807, 2.05) is 0 Å². The molecule has 0 aromatic heterocycles. The van der Waals surface area contributed by atoms with Gasteiger partial charge in [0.25, 0.3) is 0 Å². The van der Waals surface area contributed by atoms with Gasteiger partial charge in [0.15, 0.2) is 0 Å². The molecule has 2 atom stereocenters. The minimum absolute atomic E-state index is 0.0175. The lowest BCUT2D eigenvalue weighted by Gasteiger charge is -2.30. The molecule has 8 heteroatoms. The third-order valence-electron chi connectivity index (χ3n) is 6.63. The Hall–Kier alpha value is -3.55. The second-order valence-electron chi connectivity index (χ2n) is 9.46. The van der Waals surface area contributed by atoms with Crippen molar-refractivity contribution in [1.82, 2.24) is 0 Å². The van der Waals surface area contributed by atoms with Crippen LogP contribution in [0.25, 0.3) is 11.1 Å². The smallest absolute Gasteiger partial charge is 0.462 e. The van der Waals surface area contributed by atoms with Crippen LogP contribution in [0.5, 0.6) is 5.75 Å². The average Bonchev–Trinajstić information content (AvgIpc) is 2.89. The van der Waals surface area contributed by atoms with E-state index >= 15 is 0 Å². The lowest BCUT2D eigenvalue weighted by molar-refractivity contribution is -0.274. The Labute approximate surface area is 221 Å². The van der Waals surface area contributed by atoms with Gasteiger partial charge < -0.3 is 14.4 Å². The maximum atomic E-state index is 12.9. The van der Waals surface area contributed by atoms with E-state index in [2.05, 4.69) is 36.8 Å². The van der Waals surface area contributed by atoms with Crippen molar-refractivity contribution in [3.05, 3.63) is 72.3 Å². The number of rotatable bonds is 10. The van der Waals surface area contributed by atoms with Crippen molar-refractivity contribution in [2.75, 3.05) is 18.6 Å². The summed E-state index contributed by atoms with van der Waals surface area (Å²) in [4.78, 5) is 26.5. The number of hydrogen-bond donors (Lipinski definition) is 0. The number of anilines is 1. The number of methoxy groups -OCH3 is 1. The first-order valence-corrected chi connectivity index (χ1v) is 12.9. The fraction of sp³-hybridized carbons (Fsp3) is 0.400. The number of hydrogen-bond acceptors (Lipinski definition) is 4. The molecular weight excluding hydrogens is 495 g/mol. The number of nitrogens with zero attached hydrogens (tertiary/aromatic N) is 1. The van der Waals surface area contributed by atoms with Crippen molar-refractivity contribution in [3.8, 4) is 16.9 Å². The highest BCUT2D eigenvalue weighted by atomic mass is 19.4. The minimum atomic E-state index is -4.75. The van der Waals surface area contributed by atoms with Crippen LogP contribution in [-0.2, 0) is 14.3 Å². The first-order valence-electron chi connectivity index (χ1n) is 12.9. The van der Waals surface area contributed by atoms with Gasteiger partial charge in [0.05, 0.1) is 7.11 Å². The molecule has 1 amide bonds. The van der Waals surface area contributed by atoms with Crippen molar-refractivity contribution in [1.29, 1.82) is 0 Å². The average molecular weight is 530 g/mol. The molecule has 1 aliphatic carbocycles. The van der Waals surface area contributed by atoms with Gasteiger partial charge >= 0.3 is 18.2 Å². The Kier molecular flexibility index (Phi) is 10.2. The number of ether oxygens (including phenoxy) is 2. The third-order valence-corrected chi connectivity index (χ3v) is 6.63. The largest absolute Gasteiger partial charge is 0.573 e. The van der Waals surface area contributed by atoms with Crippen LogP contribution in [0.3, 0.4) is 0 Å². The number of benzene rings is 2. The molecule has 0 heterocycles. The molecule has 0 aliphatic heterocycles. The normalized spacial score (nSPS) is 17.1. The number of allylic oxidation sites excluding steroid dienone is 3. The molecule has 38 heavy (non-hydrogen) atoms. The number of carbonyl (C=O) groups excluding carboxylic acids is 2. The molecule has 2 aromatic rings. The Balaban J connectivity index is 1.74. The third kappa shape index (κ3) is 8.23. The van der Waals surface area contributed by atoms with Crippen LogP contribution in [0.1, 0.15) is 46.0 Å². The number of carbonyl (C=O) groups is 2. The van der Waals surface area contributed by atoms with E-state index in [0.717, 1.165) is 18.4 Å². The number of esters is 1. The Morgan fingerprint density at radius 2 is 1.58 bits per heavy atom. The first-order chi connectivity index (χ1) is 18.1. The molecule has 0 N–H and O–H groups in total. The molecule has 0 saturated heterocycles. The van der Waals surface area contributed by atoms with Crippen LogP contribution in [0.2, 0.25) is 0 Å². The molecule has 0 bridgehead atoms. The number of alkyl halides is 3. The fourth-order valence-corrected chi connectivity index (χ4v) is 4.49. The summed E-state index contributed by atoms with van der Waals surface area (Å²) in [6.07, 6.45) is 7.54. The van der Waals surface area contributed by atoms with Crippen molar-refractivity contribution in [3.63, 3.8) is 0 Å². The van der Waals surface area contributed by atoms with E-state index < -0.39 is 18.2 Å². The van der Waals surface area contributed by atoms with Crippen LogP contribution in [0.4, 0.5) is 18.9 Å². The maximum absolute atomic E-state index is 12.9. The van der Waals surface area contributed by atoms with Gasteiger partial charge in [-0.2, -0.15) is 0 Å². The van der Waals surface area contributed by atoms with Gasteiger partial charge in [-0.15, -0.1) is 13.2 Å². The Bertz CT molecular complexity index is 1140. The summed E-state index contributed by atoms with van der Waals surface area (Å²) in [6, 6.07) is 12.5. The van der Waals surface area contributed by atoms with Crippen molar-refractivity contribution in [2.24, 2.45) is 11.8 Å². The molecule has 2 unspecified atom stereocenters. The van der Waals surface area contributed by atoms with Gasteiger partial charge in [-0.3, -0.25) is 4.79 Å². The lowest BCUT2D eigenvalue weighted by atomic mass is 9.85. The van der Waals surface area contributed by atoms with Gasteiger partial charge in [-0.25, -0.2) is 4.79 Å². The van der Waals surface area contributed by atoms with Gasteiger partial charge in [-0.05, 0) is 54.2 Å². The quantitative estimate of drug-likeness (QED) is 0.182. The lowest BCUT2D eigenvalue weighted by Crippen LogP contribution is -2.41. The van der Waals surface area contributed by atoms with Crippen LogP contribution in [0.15, 0.2) is 72.3 Å². The second kappa shape index (κ2) is 13.3. The summed E-state index contributed by atoms with van der Waals surface area (Å²) >= 11 is 0. The van der Waals surface area contributed by atoms with Crippen LogP contribution < -0.4 is 9.64 Å². The number of unbranched alkanes of at least 4 members (excludes halogenated alkanes) is 3. The van der Waals surface area contributed by atoms with E-state index in [-0.39, 0.29) is 17.6 Å². The minimum Gasteiger partial charge on any atom is -0.462 e. The van der Waals surface area contributed by atoms with Gasteiger partial charge in [0, 0.05) is 18.2 Å². The zero-order chi connectivity index (χ0) is 27.7. The van der Waals surface area contributed by atoms with Crippen molar-refractivity contribution < 1.29 is 32.2 Å². The van der Waals surface area contributed by atoms with E-state index in [0.29, 0.717) is 17.8 Å². The molecule has 204 valence electrons. The highest BCUT2D eigenvalue weighted by molar-refractivity contribution is 6.38. The monoisotopic (exact) mass is 529 g/mol. The molecule has 1 aliphatic rings. The summed E-state index contributed by atoms with van der Waals surface area (Å²) in [5.74, 6) is -1.81. The first kappa shape index (κ1) is 29.0. The summed E-state index contributed by atoms with van der Waals surface area (Å²) < 4.78 is 45.9. The van der Waals surface area contributed by atoms with Crippen LogP contribution >= 0.6 is 0 Å². The predicted molar refractivity (Wildman–Crippen MR) is 142 cm³/mol. The highest BCUT2D eigenvalue weighted by Crippen LogP contribution is 2.31. The second-order valence-corrected chi connectivity index (χ2v) is 9.46. The fourth-order valence-electron chi connectivity index (χ4n) is 4.49. The van der Waals surface area contributed by atoms with E-state index in [4.69, 9.17) is 4.74 Å². The van der Waals surface area contributed by atoms with E-state index in [1.165, 1.54) is 61.1 Å². The maximum Gasteiger partial charge on any atom is 0.573 e. The highest BCUT2D eigenvalue weighted by Gasteiger charge is 2.31. The molecular formula is C30H34F3NO4. The predicted octanol–water partition coefficient (Wildman–Crippen LogP) is 7.48.